The first-order valence-electron chi connectivity index (χ1n) is 8.10. The van der Waals surface area contributed by atoms with Gasteiger partial charge in [-0.3, -0.25) is 9.20 Å². The Morgan fingerprint density at radius 1 is 1.12 bits per heavy atom. The van der Waals surface area contributed by atoms with Crippen LogP contribution in [0, 0.1) is 0 Å². The lowest BCUT2D eigenvalue weighted by atomic mass is 10.2. The highest BCUT2D eigenvalue weighted by molar-refractivity contribution is 7.99. The molecule has 0 aliphatic heterocycles. The van der Waals surface area contributed by atoms with Crippen molar-refractivity contribution in [3.8, 4) is 0 Å². The highest BCUT2D eigenvalue weighted by atomic mass is 32.2. The van der Waals surface area contributed by atoms with E-state index in [1.807, 2.05) is 56.1 Å². The Hall–Kier alpha value is -2.47. The molecule has 0 saturated carbocycles. The summed E-state index contributed by atoms with van der Waals surface area (Å²) in [5.74, 6) is 0.467. The Kier molecular flexibility index (Phi) is 5.28. The predicted octanol–water partition coefficient (Wildman–Crippen LogP) is 3.15. The van der Waals surface area contributed by atoms with Crippen LogP contribution in [0.1, 0.15) is 5.56 Å². The van der Waals surface area contributed by atoms with Crippen LogP contribution in [-0.2, 0) is 11.3 Å². The van der Waals surface area contributed by atoms with Gasteiger partial charge < -0.3 is 9.80 Å². The summed E-state index contributed by atoms with van der Waals surface area (Å²) < 4.78 is 2.00. The Bertz CT molecular complexity index is 857. The van der Waals surface area contributed by atoms with Crippen LogP contribution in [0.15, 0.2) is 60.0 Å². The third kappa shape index (κ3) is 4.14. The minimum atomic E-state index is 0.0920. The van der Waals surface area contributed by atoms with Gasteiger partial charge in [-0.1, -0.05) is 30.0 Å². The number of fused-ring (bicyclic) bond motifs is 1. The van der Waals surface area contributed by atoms with Gasteiger partial charge in [0.2, 0.25) is 5.91 Å². The number of nitrogens with zero attached hydrogens (tertiary/aromatic N) is 4. The lowest BCUT2D eigenvalue weighted by Crippen LogP contribution is -2.27. The molecule has 0 saturated heterocycles. The van der Waals surface area contributed by atoms with Gasteiger partial charge in [0, 0.05) is 39.6 Å². The topological polar surface area (TPSA) is 40.8 Å². The van der Waals surface area contributed by atoms with E-state index in [9.17, 15) is 4.79 Å². The number of imidazole rings is 1. The fourth-order valence-corrected chi connectivity index (χ4v) is 3.43. The number of hydrogen-bond acceptors (Lipinski definition) is 4. The van der Waals surface area contributed by atoms with E-state index in [0.29, 0.717) is 12.3 Å². The molecule has 0 N–H and O–H groups in total. The minimum Gasteiger partial charge on any atom is -0.378 e. The number of anilines is 1. The summed E-state index contributed by atoms with van der Waals surface area (Å²) in [5.41, 5.74) is 3.31. The fourth-order valence-electron chi connectivity index (χ4n) is 2.52. The molecule has 3 rings (SSSR count). The molecule has 1 amide bonds. The highest BCUT2D eigenvalue weighted by Gasteiger charge is 2.12. The minimum absolute atomic E-state index is 0.0920. The van der Waals surface area contributed by atoms with Crippen LogP contribution in [0.2, 0.25) is 0 Å². The molecule has 0 bridgehead atoms. The number of carbonyl (C=O) groups excluding carboxylic acids is 1. The maximum atomic E-state index is 12.4. The number of aromatic nitrogens is 2. The van der Waals surface area contributed by atoms with Crippen molar-refractivity contribution in [3.63, 3.8) is 0 Å². The van der Waals surface area contributed by atoms with E-state index >= 15 is 0 Å². The van der Waals surface area contributed by atoms with Gasteiger partial charge in [-0.25, -0.2) is 4.98 Å². The monoisotopic (exact) mass is 354 g/mol. The number of rotatable bonds is 6. The Morgan fingerprint density at radius 2 is 1.88 bits per heavy atom. The summed E-state index contributed by atoms with van der Waals surface area (Å²) in [6, 6.07) is 14.2. The molecule has 25 heavy (non-hydrogen) atoms. The van der Waals surface area contributed by atoms with Crippen LogP contribution in [-0.4, -0.2) is 47.1 Å². The van der Waals surface area contributed by atoms with Gasteiger partial charge in [-0.15, -0.1) is 0 Å². The lowest BCUT2D eigenvalue weighted by molar-refractivity contribution is -0.127. The first-order valence-corrected chi connectivity index (χ1v) is 9.08. The molecule has 0 aliphatic carbocycles. The van der Waals surface area contributed by atoms with Crippen LogP contribution in [0.25, 0.3) is 5.52 Å². The Balaban J connectivity index is 1.57. The van der Waals surface area contributed by atoms with Gasteiger partial charge in [-0.2, -0.15) is 0 Å². The van der Waals surface area contributed by atoms with Crippen molar-refractivity contribution in [2.24, 2.45) is 0 Å². The maximum Gasteiger partial charge on any atom is 0.233 e. The molecular weight excluding hydrogens is 332 g/mol. The van der Waals surface area contributed by atoms with E-state index in [1.54, 1.807) is 4.90 Å². The van der Waals surface area contributed by atoms with E-state index in [1.165, 1.54) is 11.8 Å². The van der Waals surface area contributed by atoms with E-state index in [-0.39, 0.29) is 5.91 Å². The average Bonchev–Trinajstić information content (AvgIpc) is 3.03. The average molecular weight is 354 g/mol. The molecule has 5 nitrogen and oxygen atoms in total. The van der Waals surface area contributed by atoms with Gasteiger partial charge in [-0.05, 0) is 29.8 Å². The SMILES string of the molecule is CN(Cc1ccc(N(C)C)cc1)C(=O)CSc1ncc2ccccn12. The van der Waals surface area contributed by atoms with Crippen molar-refractivity contribution in [2.75, 3.05) is 31.8 Å². The molecule has 0 spiro atoms. The van der Waals surface area contributed by atoms with E-state index < -0.39 is 0 Å². The Morgan fingerprint density at radius 3 is 2.60 bits per heavy atom. The summed E-state index contributed by atoms with van der Waals surface area (Å²) in [6.07, 6.45) is 3.79. The van der Waals surface area contributed by atoms with E-state index in [0.717, 1.165) is 21.9 Å². The largest absolute Gasteiger partial charge is 0.378 e. The van der Waals surface area contributed by atoms with Crippen molar-refractivity contribution in [2.45, 2.75) is 11.7 Å². The van der Waals surface area contributed by atoms with Crippen molar-refractivity contribution in [3.05, 3.63) is 60.4 Å². The number of carbonyl (C=O) groups is 1. The third-order valence-electron chi connectivity index (χ3n) is 4.03. The number of thioether (sulfide) groups is 1. The number of pyridine rings is 1. The normalized spacial score (nSPS) is 10.8. The van der Waals surface area contributed by atoms with Crippen LogP contribution in [0.5, 0.6) is 0 Å². The molecule has 0 unspecified atom stereocenters. The van der Waals surface area contributed by atoms with Gasteiger partial charge in [0.15, 0.2) is 5.16 Å². The first kappa shape index (κ1) is 17.4. The van der Waals surface area contributed by atoms with E-state index in [2.05, 4.69) is 34.1 Å². The summed E-state index contributed by atoms with van der Waals surface area (Å²) in [7, 11) is 5.87. The standard InChI is InChI=1S/C19H22N4OS/c1-21(2)16-9-7-15(8-10-16)13-22(3)18(24)14-25-19-20-12-17-6-4-5-11-23(17)19/h4-12H,13-14H2,1-3H3. The Labute approximate surface area is 152 Å². The molecule has 130 valence electrons. The number of benzene rings is 1. The zero-order valence-electron chi connectivity index (χ0n) is 14.7. The van der Waals surface area contributed by atoms with Gasteiger partial charge in [0.1, 0.15) is 0 Å². The summed E-state index contributed by atoms with van der Waals surface area (Å²) in [6.45, 7) is 0.607. The first-order chi connectivity index (χ1) is 12.0. The molecule has 6 heteroatoms. The van der Waals surface area contributed by atoms with Crippen LogP contribution in [0.3, 0.4) is 0 Å². The predicted molar refractivity (Wildman–Crippen MR) is 103 cm³/mol. The van der Waals surface area contributed by atoms with E-state index in [4.69, 9.17) is 0 Å². The molecule has 1 aromatic carbocycles. The second-order valence-electron chi connectivity index (χ2n) is 6.14. The summed E-state index contributed by atoms with van der Waals surface area (Å²) in [4.78, 5) is 20.6. The molecule has 0 atom stereocenters. The second-order valence-corrected chi connectivity index (χ2v) is 7.08. The van der Waals surface area contributed by atoms with Crippen molar-refractivity contribution < 1.29 is 4.79 Å². The van der Waals surface area contributed by atoms with Gasteiger partial charge in [0.25, 0.3) is 0 Å². The van der Waals surface area contributed by atoms with Gasteiger partial charge >= 0.3 is 0 Å². The van der Waals surface area contributed by atoms with Crippen molar-refractivity contribution >= 4 is 28.9 Å². The van der Waals surface area contributed by atoms with Crippen LogP contribution in [0.4, 0.5) is 5.69 Å². The molecule has 2 heterocycles. The van der Waals surface area contributed by atoms with Crippen molar-refractivity contribution in [1.82, 2.24) is 14.3 Å². The highest BCUT2D eigenvalue weighted by Crippen LogP contribution is 2.19. The lowest BCUT2D eigenvalue weighted by Gasteiger charge is -2.18. The quantitative estimate of drug-likeness (QED) is 0.638. The molecule has 3 aromatic rings. The smallest absolute Gasteiger partial charge is 0.233 e. The third-order valence-corrected chi connectivity index (χ3v) is 4.98. The van der Waals surface area contributed by atoms with Crippen molar-refractivity contribution in [1.29, 1.82) is 0 Å². The molecule has 0 aliphatic rings. The number of hydrogen-bond donors (Lipinski definition) is 0. The zero-order valence-corrected chi connectivity index (χ0v) is 15.5. The summed E-state index contributed by atoms with van der Waals surface area (Å²) in [5, 5.41) is 0.840. The number of amides is 1. The van der Waals surface area contributed by atoms with Crippen LogP contribution >= 0.6 is 11.8 Å². The van der Waals surface area contributed by atoms with Crippen LogP contribution < -0.4 is 4.90 Å². The summed E-state index contributed by atoms with van der Waals surface area (Å²) >= 11 is 1.46. The second kappa shape index (κ2) is 7.61. The molecule has 2 aromatic heterocycles. The molecule has 0 radical (unpaired) electrons. The molecular formula is C19H22N4OS. The maximum absolute atomic E-state index is 12.4. The van der Waals surface area contributed by atoms with Gasteiger partial charge in [0.05, 0.1) is 17.5 Å². The molecule has 0 fully saturated rings. The zero-order chi connectivity index (χ0) is 17.8. The fraction of sp³-hybridized carbons (Fsp3) is 0.263.